The number of thiol groups is 1. The van der Waals surface area contributed by atoms with Gasteiger partial charge in [-0.1, -0.05) is 31.5 Å². The third kappa shape index (κ3) is 3.09. The fourth-order valence-electron chi connectivity index (χ4n) is 1.33. The molecule has 1 fully saturated rings. The molecule has 10 heavy (non-hydrogen) atoms. The monoisotopic (exact) mass is 180 g/mol. The second kappa shape index (κ2) is 4.42. The molecular weight excluding hydrogens is 167 g/mol. The van der Waals surface area contributed by atoms with Crippen LogP contribution in [0.3, 0.4) is 0 Å². The first kappa shape index (κ1) is 8.63. The molecule has 1 rings (SSSR count). The van der Waals surface area contributed by atoms with Crippen molar-refractivity contribution in [2.45, 2.75) is 38.2 Å². The van der Waals surface area contributed by atoms with E-state index in [1.54, 1.807) is 0 Å². The Morgan fingerprint density at radius 1 is 1.30 bits per heavy atom. The average Bonchev–Trinajstić information content (AvgIpc) is 1.88. The maximum absolute atomic E-state index is 10.5. The van der Waals surface area contributed by atoms with E-state index in [2.05, 4.69) is 12.2 Å². The molecule has 1 atom stereocenters. The van der Waals surface area contributed by atoms with Crippen molar-refractivity contribution >= 4 is 19.5 Å². The summed E-state index contributed by atoms with van der Waals surface area (Å²) < 4.78 is 15.6. The molecule has 0 saturated heterocycles. The maximum atomic E-state index is 10.5. The largest absolute Gasteiger partial charge is 0.320 e. The van der Waals surface area contributed by atoms with Crippen LogP contribution in [-0.4, -0.2) is 6.10 Å². The molecule has 1 saturated carbocycles. The Morgan fingerprint density at radius 3 is 2.40 bits per heavy atom. The minimum absolute atomic E-state index is 0.234. The van der Waals surface area contributed by atoms with Gasteiger partial charge in [-0.3, -0.25) is 4.57 Å². The highest BCUT2D eigenvalue weighted by Gasteiger charge is 2.14. The zero-order valence-corrected chi connectivity index (χ0v) is 7.77. The lowest BCUT2D eigenvalue weighted by molar-refractivity contribution is 0.171. The van der Waals surface area contributed by atoms with Gasteiger partial charge in [-0.25, -0.2) is 0 Å². The van der Waals surface area contributed by atoms with Gasteiger partial charge in [0.05, 0.1) is 6.10 Å². The van der Waals surface area contributed by atoms with E-state index in [1.165, 1.54) is 19.3 Å². The van der Waals surface area contributed by atoms with Crippen LogP contribution in [0.5, 0.6) is 0 Å². The average molecular weight is 180 g/mol. The fourth-order valence-corrected chi connectivity index (χ4v) is 2.29. The van der Waals surface area contributed by atoms with E-state index >= 15 is 0 Å². The van der Waals surface area contributed by atoms with E-state index in [4.69, 9.17) is 4.52 Å². The lowest BCUT2D eigenvalue weighted by Crippen LogP contribution is -2.12. The third-order valence-electron chi connectivity index (χ3n) is 1.82. The summed E-state index contributed by atoms with van der Waals surface area (Å²) in [5.74, 6) is 0. The summed E-state index contributed by atoms with van der Waals surface area (Å²) in [5.41, 5.74) is 0. The van der Waals surface area contributed by atoms with E-state index in [-0.39, 0.29) is 6.10 Å². The van der Waals surface area contributed by atoms with Gasteiger partial charge in [0.15, 0.2) is 0 Å². The van der Waals surface area contributed by atoms with E-state index in [9.17, 15) is 4.57 Å². The van der Waals surface area contributed by atoms with Crippen LogP contribution < -0.4 is 0 Å². The first-order valence-corrected chi connectivity index (χ1v) is 6.29. The molecule has 2 nitrogen and oxygen atoms in total. The van der Waals surface area contributed by atoms with Crippen molar-refractivity contribution in [2.75, 3.05) is 0 Å². The smallest absolute Gasteiger partial charge is 0.243 e. The SMILES string of the molecule is O=[PH](S)OC1CCCCC1. The van der Waals surface area contributed by atoms with Crippen molar-refractivity contribution in [1.29, 1.82) is 0 Å². The summed E-state index contributed by atoms with van der Waals surface area (Å²) in [6, 6.07) is 0. The highest BCUT2D eigenvalue weighted by Crippen LogP contribution is 2.34. The molecule has 0 aromatic heterocycles. The van der Waals surface area contributed by atoms with Crippen LogP contribution in [0, 0.1) is 0 Å². The van der Waals surface area contributed by atoms with Crippen molar-refractivity contribution in [3.8, 4) is 0 Å². The molecule has 0 aromatic rings. The number of hydrogen-bond donors (Lipinski definition) is 1. The van der Waals surface area contributed by atoms with E-state index < -0.39 is 7.23 Å². The summed E-state index contributed by atoms with van der Waals surface area (Å²) in [5, 5.41) is 0. The van der Waals surface area contributed by atoms with Crippen molar-refractivity contribution in [1.82, 2.24) is 0 Å². The first-order chi connectivity index (χ1) is 4.79. The summed E-state index contributed by atoms with van der Waals surface area (Å²) in [6.45, 7) is 0. The van der Waals surface area contributed by atoms with Gasteiger partial charge in [0.25, 0.3) is 0 Å². The Bertz CT molecular complexity index is 123. The van der Waals surface area contributed by atoms with Crippen LogP contribution in [0.2, 0.25) is 0 Å². The highest BCUT2D eigenvalue weighted by atomic mass is 32.7. The standard InChI is InChI=1S/C6H13O2PS/c7-9(10)8-6-4-2-1-3-5-6/h6,9H,1-5H2,(H,7,10). The lowest BCUT2D eigenvalue weighted by Gasteiger charge is -2.20. The molecule has 1 unspecified atom stereocenters. The van der Waals surface area contributed by atoms with E-state index in [0.29, 0.717) is 0 Å². The van der Waals surface area contributed by atoms with Crippen LogP contribution in [0.25, 0.3) is 0 Å². The Kier molecular flexibility index (Phi) is 3.82. The molecule has 1 aliphatic carbocycles. The molecule has 4 heteroatoms. The lowest BCUT2D eigenvalue weighted by atomic mass is 9.98. The highest BCUT2D eigenvalue weighted by molar-refractivity contribution is 8.39. The molecule has 0 spiro atoms. The molecular formula is C6H13O2PS. The third-order valence-corrected chi connectivity index (χ3v) is 2.67. The second-order valence-corrected chi connectivity index (χ2v) is 4.51. The molecule has 60 valence electrons. The van der Waals surface area contributed by atoms with Gasteiger partial charge in [0, 0.05) is 0 Å². The van der Waals surface area contributed by atoms with Crippen molar-refractivity contribution < 1.29 is 9.09 Å². The Balaban J connectivity index is 2.19. The molecule has 0 bridgehead atoms. The minimum atomic E-state index is -1.99. The molecule has 0 N–H and O–H groups in total. The molecule has 0 amide bonds. The van der Waals surface area contributed by atoms with Crippen molar-refractivity contribution in [3.05, 3.63) is 0 Å². The first-order valence-electron chi connectivity index (χ1n) is 3.68. The minimum Gasteiger partial charge on any atom is -0.320 e. The van der Waals surface area contributed by atoms with Gasteiger partial charge in [0.2, 0.25) is 7.23 Å². The van der Waals surface area contributed by atoms with Crippen molar-refractivity contribution in [3.63, 3.8) is 0 Å². The van der Waals surface area contributed by atoms with Crippen LogP contribution in [0.4, 0.5) is 0 Å². The number of hydrogen-bond acceptors (Lipinski definition) is 2. The Hall–Kier alpha value is 0.540. The fraction of sp³-hybridized carbons (Fsp3) is 1.00. The van der Waals surface area contributed by atoms with Gasteiger partial charge in [-0.05, 0) is 12.8 Å². The maximum Gasteiger partial charge on any atom is 0.243 e. The molecule has 0 heterocycles. The van der Waals surface area contributed by atoms with Crippen LogP contribution >= 0.6 is 19.5 Å². The second-order valence-electron chi connectivity index (χ2n) is 2.64. The summed E-state index contributed by atoms with van der Waals surface area (Å²) in [4.78, 5) is 0. The zero-order chi connectivity index (χ0) is 7.40. The van der Waals surface area contributed by atoms with Gasteiger partial charge >= 0.3 is 0 Å². The number of rotatable bonds is 2. The van der Waals surface area contributed by atoms with E-state index in [0.717, 1.165) is 12.8 Å². The van der Waals surface area contributed by atoms with Gasteiger partial charge in [0.1, 0.15) is 0 Å². The normalized spacial score (nSPS) is 24.5. The predicted molar refractivity (Wildman–Crippen MR) is 45.9 cm³/mol. The Morgan fingerprint density at radius 2 is 1.90 bits per heavy atom. The van der Waals surface area contributed by atoms with E-state index in [1.807, 2.05) is 0 Å². The summed E-state index contributed by atoms with van der Waals surface area (Å²) in [6.07, 6.45) is 6.10. The molecule has 0 aliphatic heterocycles. The van der Waals surface area contributed by atoms with Crippen LogP contribution in [0.15, 0.2) is 0 Å². The van der Waals surface area contributed by atoms with Gasteiger partial charge in [-0.2, -0.15) is 0 Å². The zero-order valence-electron chi connectivity index (χ0n) is 5.88. The predicted octanol–water partition coefficient (Wildman–Crippen LogP) is 2.66. The Labute approximate surface area is 67.4 Å². The van der Waals surface area contributed by atoms with Crippen LogP contribution in [0.1, 0.15) is 32.1 Å². The summed E-state index contributed by atoms with van der Waals surface area (Å²) in [7, 11) is -1.99. The van der Waals surface area contributed by atoms with Crippen molar-refractivity contribution in [2.24, 2.45) is 0 Å². The topological polar surface area (TPSA) is 26.3 Å². The molecule has 0 aromatic carbocycles. The molecule has 1 aliphatic rings. The van der Waals surface area contributed by atoms with Crippen LogP contribution in [-0.2, 0) is 9.09 Å². The van der Waals surface area contributed by atoms with Gasteiger partial charge in [-0.15, -0.1) is 0 Å². The summed E-state index contributed by atoms with van der Waals surface area (Å²) >= 11 is 3.73. The quantitative estimate of drug-likeness (QED) is 0.522. The molecule has 0 radical (unpaired) electrons. The van der Waals surface area contributed by atoms with Gasteiger partial charge < -0.3 is 4.52 Å².